The summed E-state index contributed by atoms with van der Waals surface area (Å²) in [7, 11) is 0. The molecule has 6 nitrogen and oxygen atoms in total. The van der Waals surface area contributed by atoms with Crippen LogP contribution in [0.15, 0.2) is 18.2 Å². The lowest BCUT2D eigenvalue weighted by molar-refractivity contribution is -0.134. The van der Waals surface area contributed by atoms with Crippen molar-refractivity contribution in [1.29, 1.82) is 0 Å². The highest BCUT2D eigenvalue weighted by Gasteiger charge is 2.46. The van der Waals surface area contributed by atoms with Crippen LogP contribution in [-0.4, -0.2) is 70.7 Å². The van der Waals surface area contributed by atoms with Gasteiger partial charge >= 0.3 is 6.09 Å². The van der Waals surface area contributed by atoms with Crippen LogP contribution in [0.25, 0.3) is 0 Å². The van der Waals surface area contributed by atoms with Crippen LogP contribution in [0.3, 0.4) is 0 Å². The summed E-state index contributed by atoms with van der Waals surface area (Å²) in [6, 6.07) is 4.36. The first-order valence-corrected chi connectivity index (χ1v) is 11.3. The van der Waals surface area contributed by atoms with Crippen molar-refractivity contribution in [2.24, 2.45) is 0 Å². The molecule has 3 aliphatic rings. The monoisotopic (exact) mass is 421 g/mol. The fourth-order valence-corrected chi connectivity index (χ4v) is 5.33. The molecule has 1 aromatic rings. The summed E-state index contributed by atoms with van der Waals surface area (Å²) in [6.45, 7) is 7.42. The predicted molar refractivity (Wildman–Crippen MR) is 112 cm³/mol. The number of thioether (sulfide) groups is 1. The van der Waals surface area contributed by atoms with E-state index in [-0.39, 0.29) is 17.8 Å². The van der Waals surface area contributed by atoms with E-state index in [9.17, 15) is 14.0 Å². The molecule has 0 unspecified atom stereocenters. The van der Waals surface area contributed by atoms with Gasteiger partial charge in [0, 0.05) is 37.1 Å². The molecule has 8 heteroatoms. The molecule has 0 spiro atoms. The van der Waals surface area contributed by atoms with Crippen molar-refractivity contribution in [2.45, 2.75) is 51.3 Å². The number of hydrogen-bond donors (Lipinski definition) is 0. The highest BCUT2D eigenvalue weighted by Crippen LogP contribution is 2.35. The first kappa shape index (κ1) is 20.3. The smallest absolute Gasteiger partial charge is 0.411 e. The zero-order valence-corrected chi connectivity index (χ0v) is 18.0. The zero-order valence-electron chi connectivity index (χ0n) is 17.2. The van der Waals surface area contributed by atoms with E-state index in [0.29, 0.717) is 18.8 Å². The van der Waals surface area contributed by atoms with E-state index in [4.69, 9.17) is 4.74 Å². The zero-order chi connectivity index (χ0) is 20.8. The van der Waals surface area contributed by atoms with E-state index in [2.05, 4.69) is 4.90 Å². The Balaban J connectivity index is 1.56. The molecule has 0 saturated carbocycles. The van der Waals surface area contributed by atoms with Crippen LogP contribution in [0, 0.1) is 5.82 Å². The topological polar surface area (TPSA) is 53.1 Å². The van der Waals surface area contributed by atoms with Crippen LogP contribution in [0.1, 0.15) is 32.8 Å². The first-order chi connectivity index (χ1) is 13.7. The molecule has 2 saturated heterocycles. The van der Waals surface area contributed by atoms with Crippen molar-refractivity contribution in [1.82, 2.24) is 9.80 Å². The van der Waals surface area contributed by atoms with Crippen molar-refractivity contribution >= 4 is 29.4 Å². The number of likely N-dealkylation sites (tertiary alicyclic amines) is 1. The highest BCUT2D eigenvalue weighted by atomic mass is 32.2. The Kier molecular flexibility index (Phi) is 5.40. The van der Waals surface area contributed by atoms with Crippen molar-refractivity contribution in [3.63, 3.8) is 0 Å². The molecule has 3 heterocycles. The fraction of sp³-hybridized carbons (Fsp3) is 0.619. The van der Waals surface area contributed by atoms with Crippen molar-refractivity contribution < 1.29 is 18.7 Å². The number of carbonyl (C=O) groups excluding carboxylic acids is 2. The van der Waals surface area contributed by atoms with Gasteiger partial charge in [0.05, 0.1) is 5.88 Å². The second-order valence-electron chi connectivity index (χ2n) is 8.89. The molecular weight excluding hydrogens is 393 g/mol. The maximum absolute atomic E-state index is 13.6. The Labute approximate surface area is 175 Å². The Morgan fingerprint density at radius 1 is 1.24 bits per heavy atom. The Hall–Kier alpha value is -1.96. The lowest BCUT2D eigenvalue weighted by Crippen LogP contribution is -2.48. The third kappa shape index (κ3) is 4.17. The van der Waals surface area contributed by atoms with Crippen LogP contribution in [0.5, 0.6) is 0 Å². The Morgan fingerprint density at radius 2 is 2.03 bits per heavy atom. The molecule has 1 aromatic carbocycles. The third-order valence-corrected chi connectivity index (χ3v) is 6.64. The second-order valence-corrected chi connectivity index (χ2v) is 9.97. The molecule has 4 rings (SSSR count). The van der Waals surface area contributed by atoms with E-state index < -0.39 is 17.7 Å². The molecule has 0 aromatic heterocycles. The number of nitrogens with zero attached hydrogens (tertiary/aromatic N) is 3. The molecular formula is C21H28FN3O3S. The Bertz CT molecular complexity index is 807. The number of carbonyl (C=O) groups is 2. The minimum absolute atomic E-state index is 0.00175. The molecule has 2 amide bonds. The maximum Gasteiger partial charge on any atom is 0.411 e. The number of rotatable bonds is 2. The van der Waals surface area contributed by atoms with E-state index in [0.717, 1.165) is 36.5 Å². The van der Waals surface area contributed by atoms with E-state index >= 15 is 0 Å². The van der Waals surface area contributed by atoms with Gasteiger partial charge in [-0.15, -0.1) is 11.8 Å². The quantitative estimate of drug-likeness (QED) is 0.735. The SMILES string of the molecule is CC(C)(C)OC(=O)N1C[C@@H](N2CCc3cc(F)ccc32)C[C@H]1C(=O)N1CCSC1. The summed E-state index contributed by atoms with van der Waals surface area (Å²) < 4.78 is 19.2. The largest absolute Gasteiger partial charge is 0.444 e. The van der Waals surface area contributed by atoms with E-state index in [1.165, 1.54) is 6.07 Å². The summed E-state index contributed by atoms with van der Waals surface area (Å²) in [5.74, 6) is 1.38. The van der Waals surface area contributed by atoms with Crippen molar-refractivity contribution in [2.75, 3.05) is 36.2 Å². The van der Waals surface area contributed by atoms with Gasteiger partial charge in [0.2, 0.25) is 5.91 Å². The Morgan fingerprint density at radius 3 is 2.72 bits per heavy atom. The molecule has 0 bridgehead atoms. The van der Waals surface area contributed by atoms with Crippen LogP contribution < -0.4 is 4.90 Å². The number of amides is 2. The summed E-state index contributed by atoms with van der Waals surface area (Å²) in [6.07, 6.45) is 0.900. The average Bonchev–Trinajstić information content (AvgIpc) is 3.37. The van der Waals surface area contributed by atoms with E-state index in [1.54, 1.807) is 22.7 Å². The molecule has 0 radical (unpaired) electrons. The van der Waals surface area contributed by atoms with Gasteiger partial charge < -0.3 is 14.5 Å². The molecule has 2 atom stereocenters. The van der Waals surface area contributed by atoms with Gasteiger partial charge in [-0.25, -0.2) is 9.18 Å². The summed E-state index contributed by atoms with van der Waals surface area (Å²) >= 11 is 1.73. The standard InChI is InChI=1S/C21H28FN3O3S/c1-21(2,3)28-20(27)25-12-16(11-18(25)19(26)23-8-9-29-13-23)24-7-6-14-10-15(22)4-5-17(14)24/h4-5,10,16,18H,6-9,11-13H2,1-3H3/t16-,18-/m0/s1. The highest BCUT2D eigenvalue weighted by molar-refractivity contribution is 7.99. The molecule has 29 heavy (non-hydrogen) atoms. The van der Waals surface area contributed by atoms with Crippen LogP contribution >= 0.6 is 11.8 Å². The number of hydrogen-bond acceptors (Lipinski definition) is 5. The van der Waals surface area contributed by atoms with Crippen LogP contribution in [0.2, 0.25) is 0 Å². The molecule has 3 aliphatic heterocycles. The molecule has 2 fully saturated rings. The lowest BCUT2D eigenvalue weighted by Gasteiger charge is -2.30. The number of halogens is 1. The second kappa shape index (κ2) is 7.70. The number of benzene rings is 1. The first-order valence-electron chi connectivity index (χ1n) is 10.1. The third-order valence-electron chi connectivity index (χ3n) is 5.67. The summed E-state index contributed by atoms with van der Waals surface area (Å²) in [5.41, 5.74) is 1.37. The summed E-state index contributed by atoms with van der Waals surface area (Å²) in [5, 5.41) is 0. The minimum atomic E-state index is -0.621. The minimum Gasteiger partial charge on any atom is -0.444 e. The maximum atomic E-state index is 13.6. The number of fused-ring (bicyclic) bond motifs is 1. The molecule has 0 aliphatic carbocycles. The van der Waals surface area contributed by atoms with Gasteiger partial charge in [0.15, 0.2) is 0 Å². The normalized spacial score (nSPS) is 24.2. The van der Waals surface area contributed by atoms with E-state index in [1.807, 2.05) is 31.7 Å². The van der Waals surface area contributed by atoms with Gasteiger partial charge in [-0.05, 0) is 57.4 Å². The number of ether oxygens (including phenoxy) is 1. The van der Waals surface area contributed by atoms with Crippen molar-refractivity contribution in [3.8, 4) is 0 Å². The van der Waals surface area contributed by atoms with Gasteiger partial charge in [0.25, 0.3) is 0 Å². The van der Waals surface area contributed by atoms with Gasteiger partial charge in [-0.2, -0.15) is 0 Å². The van der Waals surface area contributed by atoms with Crippen molar-refractivity contribution in [3.05, 3.63) is 29.6 Å². The summed E-state index contributed by atoms with van der Waals surface area (Å²) in [4.78, 5) is 31.7. The molecule has 0 N–H and O–H groups in total. The van der Waals surface area contributed by atoms with Gasteiger partial charge in [-0.3, -0.25) is 9.69 Å². The van der Waals surface area contributed by atoms with Crippen LogP contribution in [0.4, 0.5) is 14.9 Å². The predicted octanol–water partition coefficient (Wildman–Crippen LogP) is 3.10. The molecule has 158 valence electrons. The van der Waals surface area contributed by atoms with Crippen LogP contribution in [-0.2, 0) is 16.0 Å². The van der Waals surface area contributed by atoms with Gasteiger partial charge in [-0.1, -0.05) is 0 Å². The lowest BCUT2D eigenvalue weighted by atomic mass is 10.1. The fourth-order valence-electron chi connectivity index (χ4n) is 4.37. The number of anilines is 1. The average molecular weight is 422 g/mol. The van der Waals surface area contributed by atoms with Gasteiger partial charge in [0.1, 0.15) is 17.5 Å².